The fourth-order valence-corrected chi connectivity index (χ4v) is 3.95. The molecule has 4 rings (SSSR count). The van der Waals surface area contributed by atoms with Gasteiger partial charge in [-0.25, -0.2) is 14.8 Å². The zero-order valence-corrected chi connectivity index (χ0v) is 15.8. The van der Waals surface area contributed by atoms with E-state index >= 15 is 0 Å². The van der Waals surface area contributed by atoms with E-state index in [-0.39, 0.29) is 5.54 Å². The predicted molar refractivity (Wildman–Crippen MR) is 99.6 cm³/mol. The van der Waals surface area contributed by atoms with E-state index in [4.69, 9.17) is 11.6 Å². The second kappa shape index (κ2) is 5.93. The average molecular weight is 373 g/mol. The summed E-state index contributed by atoms with van der Waals surface area (Å²) in [6, 6.07) is 3.51. The van der Waals surface area contributed by atoms with Crippen molar-refractivity contribution in [1.29, 1.82) is 0 Å². The molecule has 0 aromatic carbocycles. The zero-order valence-electron chi connectivity index (χ0n) is 15.0. The SMILES string of the molecule is CC1=CC(c2ncccc2Cl)=NC2=C(C(=O)O)CN(C(C)(C)C3CC3)N12. The molecular weight excluding hydrogens is 352 g/mol. The lowest BCUT2D eigenvalue weighted by atomic mass is 9.97. The Morgan fingerprint density at radius 3 is 2.73 bits per heavy atom. The first-order valence-corrected chi connectivity index (χ1v) is 9.10. The summed E-state index contributed by atoms with van der Waals surface area (Å²) in [5.41, 5.74) is 2.23. The summed E-state index contributed by atoms with van der Waals surface area (Å²) in [6.07, 6.45) is 5.92. The Kier molecular flexibility index (Phi) is 3.93. The van der Waals surface area contributed by atoms with Crippen LogP contribution in [0.25, 0.3) is 0 Å². The highest BCUT2D eigenvalue weighted by Gasteiger charge is 2.49. The van der Waals surface area contributed by atoms with Crippen LogP contribution in [0.1, 0.15) is 39.3 Å². The minimum Gasteiger partial charge on any atom is -0.478 e. The molecule has 1 N–H and O–H groups in total. The molecule has 0 bridgehead atoms. The lowest BCUT2D eigenvalue weighted by Crippen LogP contribution is -2.52. The van der Waals surface area contributed by atoms with E-state index in [1.165, 1.54) is 12.8 Å². The Morgan fingerprint density at radius 1 is 1.38 bits per heavy atom. The molecule has 3 heterocycles. The standard InChI is InChI=1S/C19H21ClN4O2/c1-11-9-15(16-14(20)5-4-8-21-16)22-17-13(18(25)26)10-23(24(11)17)19(2,3)12-6-7-12/h4-5,8-9,12H,6-7,10H2,1-3H3,(H,25,26). The summed E-state index contributed by atoms with van der Waals surface area (Å²) in [5.74, 6) is 0.0901. The Balaban J connectivity index is 1.80. The highest BCUT2D eigenvalue weighted by molar-refractivity contribution is 6.34. The van der Waals surface area contributed by atoms with Crippen LogP contribution in [0.2, 0.25) is 5.02 Å². The van der Waals surface area contributed by atoms with Crippen LogP contribution in [-0.2, 0) is 4.79 Å². The number of hydrogen-bond donors (Lipinski definition) is 1. The maximum atomic E-state index is 11.9. The van der Waals surface area contributed by atoms with Gasteiger partial charge in [0.2, 0.25) is 0 Å². The van der Waals surface area contributed by atoms with Crippen LogP contribution < -0.4 is 0 Å². The monoisotopic (exact) mass is 372 g/mol. The molecule has 7 heteroatoms. The normalized spacial score (nSPS) is 20.8. The van der Waals surface area contributed by atoms with E-state index < -0.39 is 5.97 Å². The van der Waals surface area contributed by atoms with Gasteiger partial charge in [0.05, 0.1) is 22.9 Å². The van der Waals surface area contributed by atoms with Gasteiger partial charge in [-0.1, -0.05) is 11.6 Å². The van der Waals surface area contributed by atoms with Gasteiger partial charge in [0.15, 0.2) is 5.82 Å². The first-order valence-electron chi connectivity index (χ1n) is 8.72. The van der Waals surface area contributed by atoms with Crippen molar-refractivity contribution in [3.05, 3.63) is 52.2 Å². The third kappa shape index (κ3) is 2.64. The van der Waals surface area contributed by atoms with Gasteiger partial charge in [-0.2, -0.15) is 0 Å². The largest absolute Gasteiger partial charge is 0.478 e. The van der Waals surface area contributed by atoms with Crippen LogP contribution in [0, 0.1) is 5.92 Å². The fraction of sp³-hybridized carbons (Fsp3) is 0.421. The molecule has 1 aromatic rings. The molecule has 1 fully saturated rings. The Hall–Kier alpha value is -2.18. The Bertz CT molecular complexity index is 883. The average Bonchev–Trinajstić information content (AvgIpc) is 3.36. The van der Waals surface area contributed by atoms with Crippen LogP contribution in [-0.4, -0.2) is 43.9 Å². The van der Waals surface area contributed by atoms with Crippen molar-refractivity contribution in [2.24, 2.45) is 10.9 Å². The second-order valence-electron chi connectivity index (χ2n) is 7.52. The number of allylic oxidation sites excluding steroid dienone is 2. The molecule has 1 aliphatic carbocycles. The zero-order chi connectivity index (χ0) is 18.6. The molecule has 3 aliphatic rings. The summed E-state index contributed by atoms with van der Waals surface area (Å²) in [4.78, 5) is 20.9. The number of aliphatic carboxylic acids is 1. The number of hydrogen-bond acceptors (Lipinski definition) is 5. The lowest BCUT2D eigenvalue weighted by Gasteiger charge is -2.44. The van der Waals surface area contributed by atoms with Crippen molar-refractivity contribution in [3.8, 4) is 0 Å². The number of aliphatic imine (C=N–C) groups is 1. The van der Waals surface area contributed by atoms with E-state index in [2.05, 4.69) is 28.8 Å². The van der Waals surface area contributed by atoms with Gasteiger partial charge >= 0.3 is 5.97 Å². The number of nitrogens with zero attached hydrogens (tertiary/aromatic N) is 4. The molecule has 0 saturated heterocycles. The smallest absolute Gasteiger partial charge is 0.336 e. The lowest BCUT2D eigenvalue weighted by molar-refractivity contribution is -0.133. The van der Waals surface area contributed by atoms with Gasteiger partial charge in [-0.15, -0.1) is 0 Å². The minimum atomic E-state index is -0.941. The number of halogens is 1. The summed E-state index contributed by atoms with van der Waals surface area (Å²) >= 11 is 6.27. The number of aromatic nitrogens is 1. The number of carboxylic acids is 1. The maximum absolute atomic E-state index is 11.9. The van der Waals surface area contributed by atoms with Crippen LogP contribution in [0.5, 0.6) is 0 Å². The van der Waals surface area contributed by atoms with E-state index in [9.17, 15) is 9.90 Å². The second-order valence-corrected chi connectivity index (χ2v) is 7.93. The minimum absolute atomic E-state index is 0.132. The Labute approximate surface area is 157 Å². The van der Waals surface area contributed by atoms with Gasteiger partial charge in [0, 0.05) is 17.4 Å². The topological polar surface area (TPSA) is 69.0 Å². The maximum Gasteiger partial charge on any atom is 0.336 e. The van der Waals surface area contributed by atoms with Crippen molar-refractivity contribution in [2.75, 3.05) is 6.54 Å². The van der Waals surface area contributed by atoms with Crippen LogP contribution in [0.4, 0.5) is 0 Å². The quantitative estimate of drug-likeness (QED) is 0.876. The Morgan fingerprint density at radius 2 is 2.12 bits per heavy atom. The number of rotatable bonds is 4. The van der Waals surface area contributed by atoms with Crippen LogP contribution in [0.15, 0.2) is 46.5 Å². The summed E-state index contributed by atoms with van der Waals surface area (Å²) in [7, 11) is 0. The van der Waals surface area contributed by atoms with E-state index in [0.29, 0.717) is 40.3 Å². The van der Waals surface area contributed by atoms with E-state index in [1.807, 2.05) is 18.0 Å². The molecule has 1 aromatic heterocycles. The van der Waals surface area contributed by atoms with Gasteiger partial charge in [0.25, 0.3) is 0 Å². The molecular formula is C19H21ClN4O2. The predicted octanol–water partition coefficient (Wildman–Crippen LogP) is 3.46. The molecule has 6 nitrogen and oxygen atoms in total. The van der Waals surface area contributed by atoms with Gasteiger partial charge < -0.3 is 5.11 Å². The van der Waals surface area contributed by atoms with Crippen molar-refractivity contribution in [3.63, 3.8) is 0 Å². The first kappa shape index (κ1) is 17.2. The molecule has 0 unspecified atom stereocenters. The molecule has 0 spiro atoms. The summed E-state index contributed by atoms with van der Waals surface area (Å²) in [6.45, 7) is 6.66. The number of hydrazine groups is 1. The highest BCUT2D eigenvalue weighted by Crippen LogP contribution is 2.47. The number of fused-ring (bicyclic) bond motifs is 1. The van der Waals surface area contributed by atoms with Crippen molar-refractivity contribution < 1.29 is 9.90 Å². The molecule has 26 heavy (non-hydrogen) atoms. The number of carbonyl (C=O) groups is 1. The first-order chi connectivity index (χ1) is 12.3. The van der Waals surface area contributed by atoms with Gasteiger partial charge in [0.1, 0.15) is 5.69 Å². The number of pyridine rings is 1. The summed E-state index contributed by atoms with van der Waals surface area (Å²) < 4.78 is 0. The van der Waals surface area contributed by atoms with Crippen molar-refractivity contribution in [1.82, 2.24) is 15.0 Å². The summed E-state index contributed by atoms with van der Waals surface area (Å²) in [5, 5.41) is 14.3. The van der Waals surface area contributed by atoms with E-state index in [1.54, 1.807) is 18.3 Å². The third-order valence-electron chi connectivity index (χ3n) is 5.43. The van der Waals surface area contributed by atoms with E-state index in [0.717, 1.165) is 5.70 Å². The van der Waals surface area contributed by atoms with Gasteiger partial charge in [-0.3, -0.25) is 9.99 Å². The molecule has 0 amide bonds. The molecule has 2 aliphatic heterocycles. The van der Waals surface area contributed by atoms with Crippen molar-refractivity contribution in [2.45, 2.75) is 39.2 Å². The molecule has 0 atom stereocenters. The fourth-order valence-electron chi connectivity index (χ4n) is 3.73. The highest BCUT2D eigenvalue weighted by atomic mass is 35.5. The van der Waals surface area contributed by atoms with Crippen LogP contribution >= 0.6 is 11.6 Å². The molecule has 1 saturated carbocycles. The third-order valence-corrected chi connectivity index (χ3v) is 5.73. The molecule has 136 valence electrons. The number of carboxylic acid groups (broad SMARTS) is 1. The van der Waals surface area contributed by atoms with Crippen LogP contribution in [0.3, 0.4) is 0 Å². The molecule has 0 radical (unpaired) electrons. The van der Waals surface area contributed by atoms with Gasteiger partial charge in [-0.05, 0) is 57.7 Å². The van der Waals surface area contributed by atoms with Crippen molar-refractivity contribution >= 4 is 23.3 Å².